The van der Waals surface area contributed by atoms with Crippen molar-refractivity contribution in [2.24, 2.45) is 0 Å². The molecule has 0 saturated carbocycles. The summed E-state index contributed by atoms with van der Waals surface area (Å²) in [6, 6.07) is 5.60. The summed E-state index contributed by atoms with van der Waals surface area (Å²) in [7, 11) is 6.32. The summed E-state index contributed by atoms with van der Waals surface area (Å²) >= 11 is 0. The van der Waals surface area contributed by atoms with Gasteiger partial charge in [0, 0.05) is 26.9 Å². The second kappa shape index (κ2) is 12.1. The Morgan fingerprint density at radius 2 is 1.74 bits per heavy atom. The minimum Gasteiger partial charge on any atom is -0.493 e. The van der Waals surface area contributed by atoms with Crippen molar-refractivity contribution in [2.45, 2.75) is 12.9 Å². The number of para-hydroxylation sites is 1. The zero-order valence-corrected chi connectivity index (χ0v) is 14.2. The van der Waals surface area contributed by atoms with Crippen LogP contribution in [0, 0.1) is 0 Å². The number of hydrogen-bond donors (Lipinski definition) is 0. The van der Waals surface area contributed by atoms with Crippen molar-refractivity contribution < 1.29 is 33.2 Å². The maximum absolute atomic E-state index is 5.78. The third-order valence-corrected chi connectivity index (χ3v) is 3.03. The van der Waals surface area contributed by atoms with Gasteiger partial charge in [-0.25, -0.2) is 0 Å². The van der Waals surface area contributed by atoms with Gasteiger partial charge >= 0.3 is 0 Å². The number of hydrogen-bond acceptors (Lipinski definition) is 7. The van der Waals surface area contributed by atoms with Crippen LogP contribution in [-0.4, -0.2) is 61.3 Å². The molecule has 0 spiro atoms. The molecule has 0 heterocycles. The largest absolute Gasteiger partial charge is 0.493 e. The monoisotopic (exact) mass is 330 g/mol. The zero-order chi connectivity index (χ0) is 16.9. The average molecular weight is 330 g/mol. The standard InChI is InChI=1S/C16H26O7/c1-17-8-9-21-12-22-10-13-6-5-7-14(18-2)16(13)23-11-15(19-3)20-4/h5-7,15H,8-12H2,1-4H3. The number of ether oxygens (including phenoxy) is 7. The highest BCUT2D eigenvalue weighted by molar-refractivity contribution is 5.46. The van der Waals surface area contributed by atoms with Gasteiger partial charge in [0.15, 0.2) is 17.8 Å². The number of benzene rings is 1. The van der Waals surface area contributed by atoms with E-state index >= 15 is 0 Å². The van der Waals surface area contributed by atoms with Crippen molar-refractivity contribution in [2.75, 3.05) is 55.1 Å². The molecule has 0 N–H and O–H groups in total. The third-order valence-electron chi connectivity index (χ3n) is 3.03. The van der Waals surface area contributed by atoms with E-state index in [-0.39, 0.29) is 13.4 Å². The Bertz CT molecular complexity index is 421. The first-order valence-electron chi connectivity index (χ1n) is 7.25. The summed E-state index contributed by atoms with van der Waals surface area (Å²) < 4.78 is 37.0. The van der Waals surface area contributed by atoms with Gasteiger partial charge in [0.2, 0.25) is 0 Å². The van der Waals surface area contributed by atoms with Crippen LogP contribution in [0.15, 0.2) is 18.2 Å². The van der Waals surface area contributed by atoms with E-state index in [4.69, 9.17) is 33.2 Å². The summed E-state index contributed by atoms with van der Waals surface area (Å²) in [5.74, 6) is 1.23. The van der Waals surface area contributed by atoms with Crippen LogP contribution < -0.4 is 9.47 Å². The molecule has 0 unspecified atom stereocenters. The quantitative estimate of drug-likeness (QED) is 0.404. The summed E-state index contributed by atoms with van der Waals surface area (Å²) in [6.07, 6.45) is -0.453. The highest BCUT2D eigenvalue weighted by Crippen LogP contribution is 2.31. The second-order valence-electron chi connectivity index (χ2n) is 4.53. The van der Waals surface area contributed by atoms with Crippen molar-refractivity contribution in [1.29, 1.82) is 0 Å². The molecule has 0 aliphatic rings. The molecule has 1 aromatic rings. The maximum atomic E-state index is 5.78. The molecule has 0 aliphatic carbocycles. The molecule has 132 valence electrons. The molecular formula is C16H26O7. The molecule has 0 amide bonds. The van der Waals surface area contributed by atoms with Crippen molar-refractivity contribution in [3.05, 3.63) is 23.8 Å². The Morgan fingerprint density at radius 1 is 0.957 bits per heavy atom. The molecule has 0 aromatic heterocycles. The summed E-state index contributed by atoms with van der Waals surface area (Å²) in [5.41, 5.74) is 0.852. The number of methoxy groups -OCH3 is 4. The smallest absolute Gasteiger partial charge is 0.191 e. The van der Waals surface area contributed by atoms with E-state index in [2.05, 4.69) is 0 Å². The van der Waals surface area contributed by atoms with Crippen LogP contribution in [0.3, 0.4) is 0 Å². The van der Waals surface area contributed by atoms with Crippen LogP contribution in [0.4, 0.5) is 0 Å². The molecule has 7 nitrogen and oxygen atoms in total. The lowest BCUT2D eigenvalue weighted by Gasteiger charge is -2.18. The van der Waals surface area contributed by atoms with E-state index in [1.165, 1.54) is 0 Å². The Hall–Kier alpha value is -1.38. The first kappa shape index (κ1) is 19.7. The van der Waals surface area contributed by atoms with Crippen molar-refractivity contribution in [3.8, 4) is 11.5 Å². The first-order chi connectivity index (χ1) is 11.3. The van der Waals surface area contributed by atoms with E-state index in [0.29, 0.717) is 31.3 Å². The molecule has 0 fully saturated rings. The maximum Gasteiger partial charge on any atom is 0.191 e. The molecule has 0 aliphatic heterocycles. The normalized spacial score (nSPS) is 11.0. The summed E-state index contributed by atoms with van der Waals surface area (Å²) in [5, 5.41) is 0. The van der Waals surface area contributed by atoms with Gasteiger partial charge < -0.3 is 33.2 Å². The van der Waals surface area contributed by atoms with Crippen LogP contribution in [0.2, 0.25) is 0 Å². The lowest BCUT2D eigenvalue weighted by Crippen LogP contribution is -2.22. The van der Waals surface area contributed by atoms with Crippen LogP contribution in [0.1, 0.15) is 5.56 Å². The van der Waals surface area contributed by atoms with Crippen molar-refractivity contribution in [1.82, 2.24) is 0 Å². The predicted octanol–water partition coefficient (Wildman–Crippen LogP) is 1.83. The lowest BCUT2D eigenvalue weighted by atomic mass is 10.2. The number of rotatable bonds is 13. The van der Waals surface area contributed by atoms with Gasteiger partial charge in [0.25, 0.3) is 0 Å². The highest BCUT2D eigenvalue weighted by atomic mass is 16.7. The van der Waals surface area contributed by atoms with E-state index in [9.17, 15) is 0 Å². The van der Waals surface area contributed by atoms with Crippen LogP contribution in [0.25, 0.3) is 0 Å². The van der Waals surface area contributed by atoms with Gasteiger partial charge in [-0.2, -0.15) is 0 Å². The van der Waals surface area contributed by atoms with Crippen LogP contribution in [-0.2, 0) is 30.3 Å². The molecule has 0 atom stereocenters. The summed E-state index contributed by atoms with van der Waals surface area (Å²) in [6.45, 7) is 1.78. The lowest BCUT2D eigenvalue weighted by molar-refractivity contribution is -0.122. The van der Waals surface area contributed by atoms with E-state index < -0.39 is 6.29 Å². The van der Waals surface area contributed by atoms with Gasteiger partial charge in [-0.3, -0.25) is 0 Å². The van der Waals surface area contributed by atoms with Gasteiger partial charge in [0.05, 0.1) is 26.9 Å². The highest BCUT2D eigenvalue weighted by Gasteiger charge is 2.14. The van der Waals surface area contributed by atoms with Gasteiger partial charge in [-0.05, 0) is 6.07 Å². The zero-order valence-electron chi connectivity index (χ0n) is 14.2. The topological polar surface area (TPSA) is 64.6 Å². The van der Waals surface area contributed by atoms with Crippen molar-refractivity contribution >= 4 is 0 Å². The van der Waals surface area contributed by atoms with Gasteiger partial charge in [-0.15, -0.1) is 0 Å². The van der Waals surface area contributed by atoms with E-state index in [1.807, 2.05) is 18.2 Å². The Morgan fingerprint density at radius 3 is 2.39 bits per heavy atom. The fourth-order valence-electron chi connectivity index (χ4n) is 1.79. The van der Waals surface area contributed by atoms with Gasteiger partial charge in [0.1, 0.15) is 13.4 Å². The Labute approximate surface area is 137 Å². The van der Waals surface area contributed by atoms with Crippen LogP contribution >= 0.6 is 0 Å². The van der Waals surface area contributed by atoms with Gasteiger partial charge in [-0.1, -0.05) is 12.1 Å². The molecule has 23 heavy (non-hydrogen) atoms. The molecule has 0 bridgehead atoms. The molecule has 0 saturated heterocycles. The fraction of sp³-hybridized carbons (Fsp3) is 0.625. The van der Waals surface area contributed by atoms with Crippen LogP contribution in [0.5, 0.6) is 11.5 Å². The first-order valence-corrected chi connectivity index (χ1v) is 7.25. The molecule has 1 aromatic carbocycles. The minimum absolute atomic E-state index is 0.179. The molecule has 0 radical (unpaired) electrons. The van der Waals surface area contributed by atoms with E-state index in [1.54, 1.807) is 28.4 Å². The molecular weight excluding hydrogens is 304 g/mol. The SMILES string of the molecule is COCCOCOCc1cccc(OC)c1OCC(OC)OC. The molecule has 7 heteroatoms. The van der Waals surface area contributed by atoms with Crippen molar-refractivity contribution in [3.63, 3.8) is 0 Å². The predicted molar refractivity (Wildman–Crippen MR) is 83.8 cm³/mol. The fourth-order valence-corrected chi connectivity index (χ4v) is 1.79. The Kier molecular flexibility index (Phi) is 10.3. The third kappa shape index (κ3) is 7.15. The molecule has 1 rings (SSSR count). The second-order valence-corrected chi connectivity index (χ2v) is 4.53. The summed E-state index contributed by atoms with van der Waals surface area (Å²) in [4.78, 5) is 0. The Balaban J connectivity index is 2.59. The van der Waals surface area contributed by atoms with E-state index in [0.717, 1.165) is 5.56 Å². The minimum atomic E-state index is -0.453. The average Bonchev–Trinajstić information content (AvgIpc) is 2.59.